The first-order valence-electron chi connectivity index (χ1n) is 8.51. The zero-order valence-corrected chi connectivity index (χ0v) is 17.1. The number of piperazine rings is 1. The van der Waals surface area contributed by atoms with Gasteiger partial charge in [-0.25, -0.2) is 4.79 Å². The molecule has 1 saturated carbocycles. The quantitative estimate of drug-likeness (QED) is 0.620. The molecule has 0 aromatic carbocycles. The number of rotatable bonds is 2. The molecular formula is C16H29IN4O3. The maximum Gasteiger partial charge on any atom is 0.410 e. The average molecular weight is 452 g/mol. The number of hydrogen-bond acceptors (Lipinski definition) is 6. The molecular weight excluding hydrogens is 423 g/mol. The number of carbonyl (C=O) groups excluding carboxylic acids is 1. The summed E-state index contributed by atoms with van der Waals surface area (Å²) >= 11 is 0. The predicted octanol–water partition coefficient (Wildman–Crippen LogP) is 1.40. The molecule has 0 radical (unpaired) electrons. The van der Waals surface area contributed by atoms with E-state index < -0.39 is 11.2 Å². The fourth-order valence-corrected chi connectivity index (χ4v) is 3.23. The number of guanidine groups is 1. The third-order valence-electron chi connectivity index (χ3n) is 4.72. The van der Waals surface area contributed by atoms with Gasteiger partial charge in [-0.15, -0.1) is 24.0 Å². The van der Waals surface area contributed by atoms with Crippen LogP contribution in [0.4, 0.5) is 4.79 Å². The van der Waals surface area contributed by atoms with Crippen LogP contribution in [0.5, 0.6) is 0 Å². The maximum atomic E-state index is 12.2. The molecule has 0 bridgehead atoms. The SMILES string of the molecule is CC(C)(C)OC(=O)N1CCN2C(NCC3(O)CCC3)=NCC2C1.I. The molecule has 2 N–H and O–H groups in total. The molecule has 24 heavy (non-hydrogen) atoms. The summed E-state index contributed by atoms with van der Waals surface area (Å²) in [7, 11) is 0. The van der Waals surface area contributed by atoms with Crippen LogP contribution in [0.2, 0.25) is 0 Å². The van der Waals surface area contributed by atoms with E-state index in [-0.39, 0.29) is 36.1 Å². The Labute approximate surface area is 160 Å². The first-order chi connectivity index (χ1) is 10.8. The topological polar surface area (TPSA) is 77.4 Å². The van der Waals surface area contributed by atoms with E-state index in [2.05, 4.69) is 15.2 Å². The highest BCUT2D eigenvalue weighted by Gasteiger charge is 2.39. The van der Waals surface area contributed by atoms with Crippen molar-refractivity contribution in [1.29, 1.82) is 0 Å². The van der Waals surface area contributed by atoms with Crippen LogP contribution in [0.25, 0.3) is 0 Å². The first-order valence-corrected chi connectivity index (χ1v) is 8.51. The van der Waals surface area contributed by atoms with E-state index in [0.29, 0.717) is 26.2 Å². The summed E-state index contributed by atoms with van der Waals surface area (Å²) in [5.74, 6) is 0.860. The number of halogens is 1. The third-order valence-corrected chi connectivity index (χ3v) is 4.72. The first kappa shape index (κ1) is 19.6. The summed E-state index contributed by atoms with van der Waals surface area (Å²) in [6.07, 6.45) is 2.58. The normalized spacial score (nSPS) is 25.2. The second-order valence-corrected chi connectivity index (χ2v) is 7.87. The van der Waals surface area contributed by atoms with Crippen LogP contribution in [0.1, 0.15) is 40.0 Å². The highest BCUT2D eigenvalue weighted by atomic mass is 127. The lowest BCUT2D eigenvalue weighted by atomic mass is 9.80. The van der Waals surface area contributed by atoms with Crippen LogP contribution in [0.3, 0.4) is 0 Å². The lowest BCUT2D eigenvalue weighted by Gasteiger charge is -2.41. The van der Waals surface area contributed by atoms with Crippen LogP contribution in [0, 0.1) is 0 Å². The Morgan fingerprint density at radius 1 is 1.42 bits per heavy atom. The van der Waals surface area contributed by atoms with Gasteiger partial charge in [0.2, 0.25) is 0 Å². The van der Waals surface area contributed by atoms with Gasteiger partial charge in [0.25, 0.3) is 0 Å². The molecule has 3 rings (SSSR count). The molecule has 2 aliphatic heterocycles. The van der Waals surface area contributed by atoms with Gasteiger partial charge in [-0.05, 0) is 40.0 Å². The van der Waals surface area contributed by atoms with Crippen molar-refractivity contribution in [3.05, 3.63) is 0 Å². The Balaban J connectivity index is 0.00000208. The number of fused-ring (bicyclic) bond motifs is 1. The molecule has 1 atom stereocenters. The number of nitrogens with one attached hydrogen (secondary N) is 1. The molecule has 2 fully saturated rings. The molecule has 3 aliphatic rings. The summed E-state index contributed by atoms with van der Waals surface area (Å²) in [6.45, 7) is 8.90. The molecule has 1 saturated heterocycles. The summed E-state index contributed by atoms with van der Waals surface area (Å²) in [6, 6.07) is 0.204. The van der Waals surface area contributed by atoms with Crippen molar-refractivity contribution in [3.8, 4) is 0 Å². The van der Waals surface area contributed by atoms with Gasteiger partial charge in [0, 0.05) is 26.2 Å². The Kier molecular flexibility index (Phi) is 5.89. The molecule has 0 aromatic rings. The summed E-state index contributed by atoms with van der Waals surface area (Å²) in [5, 5.41) is 13.5. The van der Waals surface area contributed by atoms with Crippen LogP contribution in [-0.4, -0.2) is 76.9 Å². The number of aliphatic imine (C=N–C) groups is 1. The summed E-state index contributed by atoms with van der Waals surface area (Å²) < 4.78 is 5.45. The van der Waals surface area contributed by atoms with Gasteiger partial charge in [0.05, 0.1) is 18.2 Å². The van der Waals surface area contributed by atoms with Crippen molar-refractivity contribution in [2.24, 2.45) is 4.99 Å². The minimum Gasteiger partial charge on any atom is -0.444 e. The number of amides is 1. The van der Waals surface area contributed by atoms with Gasteiger partial charge in [0.1, 0.15) is 5.60 Å². The molecule has 7 nitrogen and oxygen atoms in total. The smallest absolute Gasteiger partial charge is 0.410 e. The molecule has 0 spiro atoms. The van der Waals surface area contributed by atoms with Gasteiger partial charge in [-0.2, -0.15) is 0 Å². The van der Waals surface area contributed by atoms with Crippen molar-refractivity contribution in [3.63, 3.8) is 0 Å². The van der Waals surface area contributed by atoms with E-state index in [9.17, 15) is 9.90 Å². The van der Waals surface area contributed by atoms with E-state index in [4.69, 9.17) is 4.74 Å². The number of ether oxygens (including phenoxy) is 1. The van der Waals surface area contributed by atoms with Crippen LogP contribution in [-0.2, 0) is 4.74 Å². The highest BCUT2D eigenvalue weighted by Crippen LogP contribution is 2.30. The van der Waals surface area contributed by atoms with Crippen LogP contribution in [0.15, 0.2) is 4.99 Å². The molecule has 1 unspecified atom stereocenters. The van der Waals surface area contributed by atoms with Crippen molar-refractivity contribution < 1.29 is 14.6 Å². The lowest BCUT2D eigenvalue weighted by Crippen LogP contribution is -2.59. The second-order valence-electron chi connectivity index (χ2n) is 7.87. The van der Waals surface area contributed by atoms with Crippen molar-refractivity contribution in [2.75, 3.05) is 32.7 Å². The molecule has 1 amide bonds. The second kappa shape index (κ2) is 7.23. The highest BCUT2D eigenvalue weighted by molar-refractivity contribution is 14.0. The fourth-order valence-electron chi connectivity index (χ4n) is 3.23. The molecule has 2 heterocycles. The van der Waals surface area contributed by atoms with Gasteiger partial charge in [-0.1, -0.05) is 0 Å². The van der Waals surface area contributed by atoms with E-state index in [1.807, 2.05) is 20.8 Å². The minimum atomic E-state index is -0.557. The van der Waals surface area contributed by atoms with Crippen LogP contribution >= 0.6 is 24.0 Å². The van der Waals surface area contributed by atoms with Gasteiger partial charge in [-0.3, -0.25) is 4.99 Å². The maximum absolute atomic E-state index is 12.2. The average Bonchev–Trinajstić information content (AvgIpc) is 2.83. The summed E-state index contributed by atoms with van der Waals surface area (Å²) in [5.41, 5.74) is -1.02. The molecule has 8 heteroatoms. The molecule has 1 aliphatic carbocycles. The number of carbonyl (C=O) groups is 1. The van der Waals surface area contributed by atoms with Crippen molar-refractivity contribution >= 4 is 36.0 Å². The minimum absolute atomic E-state index is 0. The van der Waals surface area contributed by atoms with Gasteiger partial charge >= 0.3 is 6.09 Å². The zero-order valence-electron chi connectivity index (χ0n) is 14.7. The Morgan fingerprint density at radius 2 is 2.12 bits per heavy atom. The number of hydrogen-bond donors (Lipinski definition) is 2. The van der Waals surface area contributed by atoms with E-state index >= 15 is 0 Å². The lowest BCUT2D eigenvalue weighted by molar-refractivity contribution is -0.0284. The van der Waals surface area contributed by atoms with Gasteiger partial charge in [0.15, 0.2) is 5.96 Å². The Morgan fingerprint density at radius 3 is 2.71 bits per heavy atom. The van der Waals surface area contributed by atoms with Crippen molar-refractivity contribution in [1.82, 2.24) is 15.1 Å². The molecule has 138 valence electrons. The molecule has 0 aromatic heterocycles. The van der Waals surface area contributed by atoms with Crippen molar-refractivity contribution in [2.45, 2.75) is 57.3 Å². The summed E-state index contributed by atoms with van der Waals surface area (Å²) in [4.78, 5) is 20.7. The monoisotopic (exact) mass is 452 g/mol. The Bertz CT molecular complexity index is 502. The Hall–Kier alpha value is -0.770. The van der Waals surface area contributed by atoms with Gasteiger partial charge < -0.3 is 25.0 Å². The third kappa shape index (κ3) is 4.44. The van der Waals surface area contributed by atoms with E-state index in [0.717, 1.165) is 31.8 Å². The largest absolute Gasteiger partial charge is 0.444 e. The van der Waals surface area contributed by atoms with E-state index in [1.165, 1.54) is 0 Å². The predicted molar refractivity (Wildman–Crippen MR) is 103 cm³/mol. The standard InChI is InChI=1S/C16H28N4O3.HI/c1-15(2,3)23-14(21)19-7-8-20-12(10-19)9-17-13(20)18-11-16(22)5-4-6-16;/h12,22H,4-11H2,1-3H3,(H,17,18);1H. The number of nitrogens with zero attached hydrogens (tertiary/aromatic N) is 3. The zero-order chi connectivity index (χ0) is 16.7. The number of aliphatic hydroxyl groups is 1. The fraction of sp³-hybridized carbons (Fsp3) is 0.875. The van der Waals surface area contributed by atoms with Crippen LogP contribution < -0.4 is 5.32 Å². The van der Waals surface area contributed by atoms with E-state index in [1.54, 1.807) is 4.90 Å².